The third kappa shape index (κ3) is 6.18. The second kappa shape index (κ2) is 11.0. The highest BCUT2D eigenvalue weighted by Crippen LogP contribution is 2.18. The lowest BCUT2D eigenvalue weighted by Gasteiger charge is -2.31. The Morgan fingerprint density at radius 1 is 1.07 bits per heavy atom. The van der Waals surface area contributed by atoms with Crippen LogP contribution in [0.1, 0.15) is 36.5 Å². The summed E-state index contributed by atoms with van der Waals surface area (Å²) in [6.07, 6.45) is 2.90. The van der Waals surface area contributed by atoms with Crippen molar-refractivity contribution in [2.45, 2.75) is 32.8 Å². The summed E-state index contributed by atoms with van der Waals surface area (Å²) in [6.45, 7) is 6.30. The molecule has 0 saturated carbocycles. The first-order chi connectivity index (χ1) is 13.8. The minimum atomic E-state index is -0.0528. The van der Waals surface area contributed by atoms with Gasteiger partial charge in [-0.25, -0.2) is 0 Å². The quantitative estimate of drug-likeness (QED) is 0.485. The molecule has 28 heavy (non-hydrogen) atoms. The van der Waals surface area contributed by atoms with Gasteiger partial charge in [0.1, 0.15) is 0 Å². The number of hydrogen-bond donors (Lipinski definition) is 0. The van der Waals surface area contributed by atoms with E-state index in [2.05, 4.69) is 53.4 Å². The molecule has 2 aromatic carbocycles. The van der Waals surface area contributed by atoms with Gasteiger partial charge in [-0.2, -0.15) is 0 Å². The highest BCUT2D eigenvalue weighted by atomic mass is 16.5. The fourth-order valence-corrected chi connectivity index (χ4v) is 3.77. The fourth-order valence-electron chi connectivity index (χ4n) is 3.77. The molecule has 2 aromatic rings. The van der Waals surface area contributed by atoms with Gasteiger partial charge < -0.3 is 14.4 Å². The van der Waals surface area contributed by atoms with Crippen molar-refractivity contribution in [3.8, 4) is 0 Å². The lowest BCUT2D eigenvalue weighted by Crippen LogP contribution is -2.40. The molecule has 4 heteroatoms. The lowest BCUT2D eigenvalue weighted by molar-refractivity contribution is -0.150. The molecular weight excluding hydrogens is 350 g/mol. The average Bonchev–Trinajstić information content (AvgIpc) is 2.73. The van der Waals surface area contributed by atoms with E-state index in [1.807, 2.05) is 13.0 Å². The smallest absolute Gasteiger partial charge is 0.310 e. The van der Waals surface area contributed by atoms with Crippen LogP contribution in [0.15, 0.2) is 54.6 Å². The van der Waals surface area contributed by atoms with Gasteiger partial charge >= 0.3 is 5.97 Å². The first-order valence-electron chi connectivity index (χ1n) is 10.3. The van der Waals surface area contributed by atoms with Crippen molar-refractivity contribution < 1.29 is 14.3 Å². The Morgan fingerprint density at radius 2 is 1.82 bits per heavy atom. The molecule has 0 N–H and O–H groups in total. The van der Waals surface area contributed by atoms with Gasteiger partial charge in [0.15, 0.2) is 0 Å². The number of piperidine rings is 1. The number of ether oxygens (including phenoxy) is 2. The number of rotatable bonds is 9. The summed E-state index contributed by atoms with van der Waals surface area (Å²) in [5.74, 6) is -0.0387. The standard InChI is InChI=1S/C24H31NO3/c1-2-28-24(26)22-13-8-14-25(18-22)15-16-27-19-23-12-7-6-11-21(23)17-20-9-4-3-5-10-20/h3-7,9-12,22H,2,8,13-19H2,1H3. The van der Waals surface area contributed by atoms with Crippen LogP contribution in [0.25, 0.3) is 0 Å². The van der Waals surface area contributed by atoms with Gasteiger partial charge in [0, 0.05) is 13.1 Å². The molecule has 0 radical (unpaired) electrons. The predicted molar refractivity (Wildman–Crippen MR) is 111 cm³/mol. The van der Waals surface area contributed by atoms with Crippen molar-refractivity contribution in [3.05, 3.63) is 71.3 Å². The Labute approximate surface area is 168 Å². The largest absolute Gasteiger partial charge is 0.466 e. The molecule has 1 fully saturated rings. The zero-order valence-electron chi connectivity index (χ0n) is 16.8. The number of nitrogens with zero attached hydrogens (tertiary/aromatic N) is 1. The first-order valence-corrected chi connectivity index (χ1v) is 10.3. The van der Waals surface area contributed by atoms with Gasteiger partial charge in [-0.15, -0.1) is 0 Å². The molecular formula is C24H31NO3. The molecule has 0 bridgehead atoms. The van der Waals surface area contributed by atoms with Crippen molar-refractivity contribution in [3.63, 3.8) is 0 Å². The minimum absolute atomic E-state index is 0.0142. The van der Waals surface area contributed by atoms with Gasteiger partial charge in [0.25, 0.3) is 0 Å². The molecule has 0 aromatic heterocycles. The molecule has 0 spiro atoms. The van der Waals surface area contributed by atoms with Crippen LogP contribution in [0.2, 0.25) is 0 Å². The Hall–Kier alpha value is -2.17. The fraction of sp³-hybridized carbons (Fsp3) is 0.458. The van der Waals surface area contributed by atoms with E-state index in [0.29, 0.717) is 19.8 Å². The molecule has 1 heterocycles. The van der Waals surface area contributed by atoms with E-state index >= 15 is 0 Å². The monoisotopic (exact) mass is 381 g/mol. The van der Waals surface area contributed by atoms with Crippen molar-refractivity contribution in [1.82, 2.24) is 4.90 Å². The molecule has 1 saturated heterocycles. The molecule has 0 aliphatic carbocycles. The topological polar surface area (TPSA) is 38.8 Å². The molecule has 1 atom stereocenters. The highest BCUT2D eigenvalue weighted by Gasteiger charge is 2.26. The SMILES string of the molecule is CCOC(=O)C1CCCN(CCOCc2ccccc2Cc2ccccc2)C1. The Morgan fingerprint density at radius 3 is 2.61 bits per heavy atom. The van der Waals surface area contributed by atoms with Crippen molar-refractivity contribution in [2.75, 3.05) is 32.8 Å². The zero-order valence-corrected chi connectivity index (χ0v) is 16.8. The second-order valence-electron chi connectivity index (χ2n) is 7.38. The molecule has 0 amide bonds. The molecule has 1 aliphatic rings. The van der Waals surface area contributed by atoms with Crippen LogP contribution in [0.4, 0.5) is 0 Å². The lowest BCUT2D eigenvalue weighted by atomic mass is 9.98. The minimum Gasteiger partial charge on any atom is -0.466 e. The van der Waals surface area contributed by atoms with Gasteiger partial charge in [-0.05, 0) is 49.4 Å². The molecule has 4 nitrogen and oxygen atoms in total. The number of hydrogen-bond acceptors (Lipinski definition) is 4. The summed E-state index contributed by atoms with van der Waals surface area (Å²) in [6, 6.07) is 19.0. The molecule has 3 rings (SSSR count). The van der Waals surface area contributed by atoms with Crippen molar-refractivity contribution >= 4 is 5.97 Å². The van der Waals surface area contributed by atoms with Gasteiger partial charge in [-0.1, -0.05) is 54.6 Å². The molecule has 1 unspecified atom stereocenters. The van der Waals surface area contributed by atoms with E-state index in [0.717, 1.165) is 38.9 Å². The van der Waals surface area contributed by atoms with Crippen LogP contribution in [0, 0.1) is 5.92 Å². The van der Waals surface area contributed by atoms with Crippen LogP contribution in [0.5, 0.6) is 0 Å². The summed E-state index contributed by atoms with van der Waals surface area (Å²) >= 11 is 0. The number of benzene rings is 2. The van der Waals surface area contributed by atoms with Crippen LogP contribution in [0.3, 0.4) is 0 Å². The number of likely N-dealkylation sites (tertiary alicyclic amines) is 1. The summed E-state index contributed by atoms with van der Waals surface area (Å²) in [7, 11) is 0. The maximum absolute atomic E-state index is 12.0. The summed E-state index contributed by atoms with van der Waals surface area (Å²) in [4.78, 5) is 14.3. The summed E-state index contributed by atoms with van der Waals surface area (Å²) in [5.41, 5.74) is 3.87. The Balaban J connectivity index is 1.45. The predicted octanol–water partition coefficient (Wildman–Crippen LogP) is 4.07. The van der Waals surface area contributed by atoms with Crippen LogP contribution in [-0.2, 0) is 27.3 Å². The van der Waals surface area contributed by atoms with Gasteiger partial charge in [0.2, 0.25) is 0 Å². The van der Waals surface area contributed by atoms with Crippen molar-refractivity contribution in [2.24, 2.45) is 5.92 Å². The van der Waals surface area contributed by atoms with E-state index in [9.17, 15) is 4.79 Å². The van der Waals surface area contributed by atoms with Crippen LogP contribution < -0.4 is 0 Å². The van der Waals surface area contributed by atoms with Crippen molar-refractivity contribution in [1.29, 1.82) is 0 Å². The van der Waals surface area contributed by atoms with Crippen LogP contribution >= 0.6 is 0 Å². The number of esters is 1. The summed E-state index contributed by atoms with van der Waals surface area (Å²) < 4.78 is 11.2. The maximum Gasteiger partial charge on any atom is 0.310 e. The van der Waals surface area contributed by atoms with E-state index < -0.39 is 0 Å². The van der Waals surface area contributed by atoms with E-state index in [4.69, 9.17) is 9.47 Å². The zero-order chi connectivity index (χ0) is 19.6. The molecule has 1 aliphatic heterocycles. The van der Waals surface area contributed by atoms with E-state index in [1.54, 1.807) is 0 Å². The summed E-state index contributed by atoms with van der Waals surface area (Å²) in [5, 5.41) is 0. The Kier molecular flexibility index (Phi) is 8.07. The highest BCUT2D eigenvalue weighted by molar-refractivity contribution is 5.72. The number of carbonyl (C=O) groups is 1. The van der Waals surface area contributed by atoms with Gasteiger partial charge in [0.05, 0.1) is 25.7 Å². The molecule has 150 valence electrons. The number of carbonyl (C=O) groups excluding carboxylic acids is 1. The Bertz CT molecular complexity index is 732. The van der Waals surface area contributed by atoms with E-state index in [1.165, 1.54) is 16.7 Å². The third-order valence-electron chi connectivity index (χ3n) is 5.29. The maximum atomic E-state index is 12.0. The van der Waals surface area contributed by atoms with Crippen LogP contribution in [-0.4, -0.2) is 43.7 Å². The van der Waals surface area contributed by atoms with Gasteiger partial charge in [-0.3, -0.25) is 4.79 Å². The third-order valence-corrected chi connectivity index (χ3v) is 5.29. The average molecular weight is 382 g/mol. The second-order valence-corrected chi connectivity index (χ2v) is 7.38. The van der Waals surface area contributed by atoms with E-state index in [-0.39, 0.29) is 11.9 Å². The first kappa shape index (κ1) is 20.6. The normalized spacial score (nSPS) is 17.4.